The molecule has 0 saturated carbocycles. The first-order chi connectivity index (χ1) is 10.8. The van der Waals surface area contributed by atoms with E-state index in [1.54, 1.807) is 0 Å². The Hall–Kier alpha value is -2.08. The van der Waals surface area contributed by atoms with Gasteiger partial charge in [0.1, 0.15) is 0 Å². The molecular weight excluding hydrogens is 329 g/mol. The zero-order chi connectivity index (χ0) is 17.0. The van der Waals surface area contributed by atoms with E-state index in [-0.39, 0.29) is 17.1 Å². The van der Waals surface area contributed by atoms with E-state index in [0.29, 0.717) is 6.54 Å². The maximum absolute atomic E-state index is 12.7. The summed E-state index contributed by atoms with van der Waals surface area (Å²) in [5.74, 6) is -0.403. The molecule has 0 aliphatic rings. The first-order valence-electron chi connectivity index (χ1n) is 6.88. The number of pyridine rings is 1. The third kappa shape index (κ3) is 4.96. The zero-order valence-corrected chi connectivity index (χ0v) is 13.1. The van der Waals surface area contributed by atoms with Crippen LogP contribution in [0.4, 0.5) is 18.9 Å². The lowest BCUT2D eigenvalue weighted by molar-refractivity contribution is -0.695. The van der Waals surface area contributed by atoms with Crippen LogP contribution in [0.25, 0.3) is 0 Å². The minimum atomic E-state index is -4.48. The number of amides is 1. The predicted molar refractivity (Wildman–Crippen MR) is 81.1 cm³/mol. The highest BCUT2D eigenvalue weighted by Gasteiger charge is 2.31. The van der Waals surface area contributed by atoms with Gasteiger partial charge in [0, 0.05) is 12.1 Å². The maximum Gasteiger partial charge on any atom is 0.416 e. The fraction of sp³-hybridized carbons (Fsp3) is 0.250. The molecule has 1 aromatic heterocycles. The summed E-state index contributed by atoms with van der Waals surface area (Å²) in [6, 6.07) is 6.64. The van der Waals surface area contributed by atoms with Gasteiger partial charge >= 0.3 is 6.18 Å². The molecular formula is C16H15ClF3N2O+. The maximum atomic E-state index is 12.7. The number of nitrogens with one attached hydrogen (secondary N) is 1. The van der Waals surface area contributed by atoms with E-state index in [0.717, 1.165) is 23.8 Å². The molecule has 0 saturated heterocycles. The van der Waals surface area contributed by atoms with Gasteiger partial charge in [-0.15, -0.1) is 0 Å². The zero-order valence-electron chi connectivity index (χ0n) is 12.3. The third-order valence-electron chi connectivity index (χ3n) is 3.22. The highest BCUT2D eigenvalue weighted by atomic mass is 35.5. The molecule has 0 radical (unpaired) electrons. The summed E-state index contributed by atoms with van der Waals surface area (Å²) in [5.41, 5.74) is 0.201. The highest BCUT2D eigenvalue weighted by molar-refractivity contribution is 6.33. The Kier molecular flexibility index (Phi) is 5.26. The van der Waals surface area contributed by atoms with Crippen molar-refractivity contribution in [2.45, 2.75) is 26.1 Å². The van der Waals surface area contributed by atoms with Crippen molar-refractivity contribution < 1.29 is 22.5 Å². The Morgan fingerprint density at radius 3 is 2.48 bits per heavy atom. The van der Waals surface area contributed by atoms with Gasteiger partial charge in [0.25, 0.3) is 0 Å². The largest absolute Gasteiger partial charge is 0.416 e. The summed E-state index contributed by atoms with van der Waals surface area (Å²) in [5, 5.41) is 2.48. The van der Waals surface area contributed by atoms with Gasteiger partial charge in [-0.1, -0.05) is 11.6 Å². The molecule has 0 fully saturated rings. The van der Waals surface area contributed by atoms with Crippen LogP contribution in [0.2, 0.25) is 5.02 Å². The number of halogens is 4. The van der Waals surface area contributed by atoms with E-state index in [1.165, 1.54) is 0 Å². The van der Waals surface area contributed by atoms with Gasteiger partial charge in [-0.2, -0.15) is 13.2 Å². The van der Waals surface area contributed by atoms with E-state index in [1.807, 2.05) is 36.0 Å². The monoisotopic (exact) mass is 343 g/mol. The molecule has 122 valence electrons. The Labute approximate surface area is 136 Å². The van der Waals surface area contributed by atoms with Crippen molar-refractivity contribution in [3.8, 4) is 0 Å². The normalized spacial score (nSPS) is 11.3. The summed E-state index contributed by atoms with van der Waals surface area (Å²) in [7, 11) is 0. The SMILES string of the molecule is Cc1cc[n+](CCC(=O)Nc2cc(C(F)(F)F)ccc2Cl)cc1. The second-order valence-corrected chi connectivity index (χ2v) is 5.51. The van der Waals surface area contributed by atoms with E-state index in [9.17, 15) is 18.0 Å². The Balaban J connectivity index is 2.01. The molecule has 0 aliphatic heterocycles. The van der Waals surface area contributed by atoms with Gasteiger partial charge in [0.15, 0.2) is 18.9 Å². The minimum absolute atomic E-state index is 0.0413. The average Bonchev–Trinajstić information content (AvgIpc) is 2.48. The molecule has 1 N–H and O–H groups in total. The summed E-state index contributed by atoms with van der Waals surface area (Å²) >= 11 is 5.84. The Morgan fingerprint density at radius 1 is 1.22 bits per heavy atom. The number of rotatable bonds is 4. The summed E-state index contributed by atoms with van der Waals surface area (Å²) in [6.45, 7) is 2.37. The van der Waals surface area contributed by atoms with Crippen LogP contribution in [0.1, 0.15) is 17.5 Å². The Morgan fingerprint density at radius 2 is 1.87 bits per heavy atom. The lowest BCUT2D eigenvalue weighted by Gasteiger charge is -2.11. The van der Waals surface area contributed by atoms with Crippen molar-refractivity contribution in [1.82, 2.24) is 0 Å². The highest BCUT2D eigenvalue weighted by Crippen LogP contribution is 2.33. The van der Waals surface area contributed by atoms with Gasteiger partial charge in [0.2, 0.25) is 5.91 Å². The van der Waals surface area contributed by atoms with Crippen molar-refractivity contribution in [2.24, 2.45) is 0 Å². The smallest absolute Gasteiger partial charge is 0.325 e. The van der Waals surface area contributed by atoms with Crippen LogP contribution in [0, 0.1) is 6.92 Å². The van der Waals surface area contributed by atoms with Gasteiger partial charge in [-0.25, -0.2) is 4.57 Å². The van der Waals surface area contributed by atoms with E-state index >= 15 is 0 Å². The first-order valence-corrected chi connectivity index (χ1v) is 7.26. The number of anilines is 1. The second kappa shape index (κ2) is 7.00. The number of nitrogens with zero attached hydrogens (tertiary/aromatic N) is 1. The minimum Gasteiger partial charge on any atom is -0.325 e. The number of aromatic nitrogens is 1. The van der Waals surface area contributed by atoms with Crippen molar-refractivity contribution in [3.05, 3.63) is 58.9 Å². The Bertz CT molecular complexity index is 699. The van der Waals surface area contributed by atoms with Crippen LogP contribution < -0.4 is 9.88 Å². The molecule has 23 heavy (non-hydrogen) atoms. The third-order valence-corrected chi connectivity index (χ3v) is 3.55. The number of carbonyl (C=O) groups excluding carboxylic acids is 1. The van der Waals surface area contributed by atoms with Crippen molar-refractivity contribution in [1.29, 1.82) is 0 Å². The number of aryl methyl sites for hydroxylation is 2. The molecule has 0 spiro atoms. The van der Waals surface area contributed by atoms with Crippen molar-refractivity contribution in [3.63, 3.8) is 0 Å². The second-order valence-electron chi connectivity index (χ2n) is 5.10. The molecule has 1 aromatic carbocycles. The molecule has 0 atom stereocenters. The molecule has 1 heterocycles. The number of alkyl halides is 3. The molecule has 1 amide bonds. The number of benzene rings is 1. The van der Waals surface area contributed by atoms with Gasteiger partial charge in [0.05, 0.1) is 22.7 Å². The quantitative estimate of drug-likeness (QED) is 0.837. The van der Waals surface area contributed by atoms with Crippen LogP contribution >= 0.6 is 11.6 Å². The summed E-state index contributed by atoms with van der Waals surface area (Å²) in [4.78, 5) is 11.9. The van der Waals surface area contributed by atoms with Crippen LogP contribution in [0.3, 0.4) is 0 Å². The van der Waals surface area contributed by atoms with Crippen LogP contribution in [-0.4, -0.2) is 5.91 Å². The molecule has 0 aliphatic carbocycles. The van der Waals surface area contributed by atoms with Crippen LogP contribution in [0.15, 0.2) is 42.7 Å². The van der Waals surface area contributed by atoms with E-state index in [4.69, 9.17) is 11.6 Å². The van der Waals surface area contributed by atoms with Crippen molar-refractivity contribution in [2.75, 3.05) is 5.32 Å². The molecule has 2 rings (SSSR count). The number of hydrogen-bond donors (Lipinski definition) is 1. The average molecular weight is 344 g/mol. The standard InChI is InChI=1S/C16H14ClF3N2O/c1-11-4-7-22(8-5-11)9-6-15(23)21-14-10-12(16(18,19)20)2-3-13(14)17/h2-5,7-8,10H,6,9H2,1H3/p+1. The topological polar surface area (TPSA) is 33.0 Å². The van der Waals surface area contributed by atoms with Gasteiger partial charge in [-0.3, -0.25) is 4.79 Å². The summed E-state index contributed by atoms with van der Waals surface area (Å²) < 4.78 is 39.9. The lowest BCUT2D eigenvalue weighted by Crippen LogP contribution is -2.34. The fourth-order valence-electron chi connectivity index (χ4n) is 1.92. The van der Waals surface area contributed by atoms with Crippen LogP contribution in [0.5, 0.6) is 0 Å². The predicted octanol–water partition coefficient (Wildman–Crippen LogP) is 3.98. The molecule has 3 nitrogen and oxygen atoms in total. The molecule has 0 unspecified atom stereocenters. The van der Waals surface area contributed by atoms with Crippen molar-refractivity contribution >= 4 is 23.2 Å². The van der Waals surface area contributed by atoms with Crippen LogP contribution in [-0.2, 0) is 17.5 Å². The first kappa shape index (κ1) is 17.3. The van der Waals surface area contributed by atoms with E-state index < -0.39 is 17.6 Å². The molecule has 7 heteroatoms. The lowest BCUT2D eigenvalue weighted by atomic mass is 10.2. The summed E-state index contributed by atoms with van der Waals surface area (Å²) in [6.07, 6.45) is -0.693. The molecule has 0 bridgehead atoms. The number of hydrogen-bond acceptors (Lipinski definition) is 1. The van der Waals surface area contributed by atoms with E-state index in [2.05, 4.69) is 5.32 Å². The molecule has 2 aromatic rings. The van der Waals surface area contributed by atoms with Gasteiger partial charge < -0.3 is 5.32 Å². The number of carbonyl (C=O) groups is 1. The fourth-order valence-corrected chi connectivity index (χ4v) is 2.09. The van der Waals surface area contributed by atoms with Gasteiger partial charge in [-0.05, 0) is 30.7 Å².